The summed E-state index contributed by atoms with van der Waals surface area (Å²) in [5, 5.41) is 1.33. The number of alkyl halides is 3. The number of fused-ring (bicyclic) bond motifs is 3. The number of hydrogen-bond acceptors (Lipinski definition) is 4. The van der Waals surface area contributed by atoms with Gasteiger partial charge in [0, 0.05) is 49.2 Å². The van der Waals surface area contributed by atoms with E-state index in [4.69, 9.17) is 9.47 Å². The van der Waals surface area contributed by atoms with Gasteiger partial charge in [0.25, 0.3) is 0 Å². The van der Waals surface area contributed by atoms with Gasteiger partial charge in [-0.05, 0) is 24.6 Å². The van der Waals surface area contributed by atoms with Crippen molar-refractivity contribution >= 4 is 21.8 Å². The second-order valence-corrected chi connectivity index (χ2v) is 6.90. The standard InChI is InChI=1S/C20H22F3N3O2/c1-27-14-3-4-15-16-5-6-24-19(20(21,22)23)18(16)26(17(15)13-14)8-2-7-25-9-11-28-12-10-25/h3-6,13H,2,7-12H2,1H3. The second-order valence-electron chi connectivity index (χ2n) is 6.90. The summed E-state index contributed by atoms with van der Waals surface area (Å²) in [4.78, 5) is 5.95. The van der Waals surface area contributed by atoms with Crippen molar-refractivity contribution in [3.63, 3.8) is 0 Å². The quantitative estimate of drug-likeness (QED) is 0.658. The highest BCUT2D eigenvalue weighted by atomic mass is 19.4. The van der Waals surface area contributed by atoms with Gasteiger partial charge in [0.05, 0.1) is 31.4 Å². The number of ether oxygens (including phenoxy) is 2. The lowest BCUT2D eigenvalue weighted by Crippen LogP contribution is -2.37. The monoisotopic (exact) mass is 393 g/mol. The zero-order valence-electron chi connectivity index (χ0n) is 15.6. The van der Waals surface area contributed by atoms with Crippen molar-refractivity contribution in [2.45, 2.75) is 19.1 Å². The lowest BCUT2D eigenvalue weighted by atomic mass is 10.1. The molecule has 0 unspecified atom stereocenters. The molecular formula is C20H22F3N3O2. The van der Waals surface area contributed by atoms with E-state index in [1.807, 2.05) is 6.07 Å². The van der Waals surface area contributed by atoms with E-state index in [0.29, 0.717) is 30.9 Å². The molecule has 1 aliphatic heterocycles. The topological polar surface area (TPSA) is 39.5 Å². The molecule has 1 saturated heterocycles. The van der Waals surface area contributed by atoms with Crippen molar-refractivity contribution < 1.29 is 22.6 Å². The highest BCUT2D eigenvalue weighted by Gasteiger charge is 2.36. The summed E-state index contributed by atoms with van der Waals surface area (Å²) >= 11 is 0. The highest BCUT2D eigenvalue weighted by Crippen LogP contribution is 2.38. The molecule has 1 fully saturated rings. The van der Waals surface area contributed by atoms with Crippen LogP contribution in [0.1, 0.15) is 12.1 Å². The van der Waals surface area contributed by atoms with Crippen LogP contribution in [0.3, 0.4) is 0 Å². The SMILES string of the molecule is COc1ccc2c3ccnc(C(F)(F)F)c3n(CCCN3CCOCC3)c2c1. The first-order valence-electron chi connectivity index (χ1n) is 9.31. The average molecular weight is 393 g/mol. The first kappa shape index (κ1) is 19.0. The van der Waals surface area contributed by atoms with Gasteiger partial charge in [0.2, 0.25) is 0 Å². The van der Waals surface area contributed by atoms with Gasteiger partial charge >= 0.3 is 6.18 Å². The fourth-order valence-corrected chi connectivity index (χ4v) is 3.87. The molecule has 0 bridgehead atoms. The van der Waals surface area contributed by atoms with Gasteiger partial charge in [-0.1, -0.05) is 0 Å². The molecule has 28 heavy (non-hydrogen) atoms. The Morgan fingerprint density at radius 3 is 2.61 bits per heavy atom. The molecule has 0 amide bonds. The number of nitrogens with zero attached hydrogens (tertiary/aromatic N) is 3. The molecule has 5 nitrogen and oxygen atoms in total. The van der Waals surface area contributed by atoms with Crippen LogP contribution >= 0.6 is 0 Å². The first-order chi connectivity index (χ1) is 13.5. The van der Waals surface area contributed by atoms with Crippen LogP contribution in [0, 0.1) is 0 Å². The maximum atomic E-state index is 13.7. The Morgan fingerprint density at radius 1 is 1.11 bits per heavy atom. The summed E-state index contributed by atoms with van der Waals surface area (Å²) in [6, 6.07) is 7.03. The third kappa shape index (κ3) is 3.54. The first-order valence-corrected chi connectivity index (χ1v) is 9.31. The molecular weight excluding hydrogens is 371 g/mol. The third-order valence-electron chi connectivity index (χ3n) is 5.21. The molecule has 2 aromatic heterocycles. The highest BCUT2D eigenvalue weighted by molar-refractivity contribution is 6.09. The number of hydrogen-bond donors (Lipinski definition) is 0. The van der Waals surface area contributed by atoms with Gasteiger partial charge < -0.3 is 14.0 Å². The maximum Gasteiger partial charge on any atom is 0.435 e. The molecule has 3 aromatic rings. The molecule has 0 radical (unpaired) electrons. The van der Waals surface area contributed by atoms with Gasteiger partial charge in [0.1, 0.15) is 5.75 Å². The Labute approximate surface area is 160 Å². The number of rotatable bonds is 5. The van der Waals surface area contributed by atoms with Crippen molar-refractivity contribution in [3.8, 4) is 5.75 Å². The van der Waals surface area contributed by atoms with Gasteiger partial charge in [-0.15, -0.1) is 0 Å². The largest absolute Gasteiger partial charge is 0.497 e. The Morgan fingerprint density at radius 2 is 1.89 bits per heavy atom. The Kier molecular flexibility index (Phi) is 5.16. The van der Waals surface area contributed by atoms with E-state index in [1.54, 1.807) is 29.9 Å². The van der Waals surface area contributed by atoms with Crippen LogP contribution in [0.15, 0.2) is 30.5 Å². The molecule has 0 spiro atoms. The maximum absolute atomic E-state index is 13.7. The van der Waals surface area contributed by atoms with Gasteiger partial charge in [-0.25, -0.2) is 4.98 Å². The molecule has 1 aliphatic rings. The lowest BCUT2D eigenvalue weighted by Gasteiger charge is -2.26. The zero-order valence-corrected chi connectivity index (χ0v) is 15.6. The van der Waals surface area contributed by atoms with Crippen LogP contribution in [-0.4, -0.2) is 54.4 Å². The van der Waals surface area contributed by atoms with Gasteiger partial charge in [-0.3, -0.25) is 4.90 Å². The molecule has 0 atom stereocenters. The van der Waals surface area contributed by atoms with Gasteiger partial charge in [0.15, 0.2) is 5.69 Å². The molecule has 3 heterocycles. The molecule has 1 aromatic carbocycles. The van der Waals surface area contributed by atoms with E-state index in [-0.39, 0.29) is 5.52 Å². The van der Waals surface area contributed by atoms with Crippen molar-refractivity contribution in [2.24, 2.45) is 0 Å². The fourth-order valence-electron chi connectivity index (χ4n) is 3.87. The minimum Gasteiger partial charge on any atom is -0.497 e. The summed E-state index contributed by atoms with van der Waals surface area (Å²) in [7, 11) is 1.55. The van der Waals surface area contributed by atoms with Crippen LogP contribution in [-0.2, 0) is 17.5 Å². The Balaban J connectivity index is 1.77. The van der Waals surface area contributed by atoms with Crippen molar-refractivity contribution in [1.29, 1.82) is 0 Å². The summed E-state index contributed by atoms with van der Waals surface area (Å²) in [5.74, 6) is 0.617. The minimum atomic E-state index is -4.51. The molecule has 8 heteroatoms. The minimum absolute atomic E-state index is 0.139. The third-order valence-corrected chi connectivity index (χ3v) is 5.21. The second kappa shape index (κ2) is 7.60. The fraction of sp³-hybridized carbons (Fsp3) is 0.450. The smallest absolute Gasteiger partial charge is 0.435 e. The molecule has 4 rings (SSSR count). The average Bonchev–Trinajstić information content (AvgIpc) is 3.01. The predicted octanol–water partition coefficient (Wildman–Crippen LogP) is 3.94. The normalized spacial score (nSPS) is 16.1. The van der Waals surface area contributed by atoms with E-state index in [9.17, 15) is 13.2 Å². The van der Waals surface area contributed by atoms with E-state index in [1.165, 1.54) is 6.20 Å². The zero-order chi connectivity index (χ0) is 19.7. The van der Waals surface area contributed by atoms with E-state index in [0.717, 1.165) is 37.0 Å². The number of pyridine rings is 1. The van der Waals surface area contributed by atoms with Crippen LogP contribution < -0.4 is 4.74 Å². The number of aryl methyl sites for hydroxylation is 1. The number of halogens is 3. The van der Waals surface area contributed by atoms with Crippen LogP contribution in [0.4, 0.5) is 13.2 Å². The molecule has 0 saturated carbocycles. The number of aromatic nitrogens is 2. The van der Waals surface area contributed by atoms with Gasteiger partial charge in [-0.2, -0.15) is 13.2 Å². The van der Waals surface area contributed by atoms with Crippen molar-refractivity contribution in [2.75, 3.05) is 40.0 Å². The lowest BCUT2D eigenvalue weighted by molar-refractivity contribution is -0.140. The predicted molar refractivity (Wildman–Crippen MR) is 101 cm³/mol. The van der Waals surface area contributed by atoms with E-state index < -0.39 is 11.9 Å². The van der Waals surface area contributed by atoms with E-state index in [2.05, 4.69) is 9.88 Å². The number of benzene rings is 1. The molecule has 0 aliphatic carbocycles. The molecule has 150 valence electrons. The van der Waals surface area contributed by atoms with Crippen molar-refractivity contribution in [1.82, 2.24) is 14.5 Å². The Bertz CT molecular complexity index is 978. The van der Waals surface area contributed by atoms with Crippen LogP contribution in [0.25, 0.3) is 21.8 Å². The summed E-state index contributed by atoms with van der Waals surface area (Å²) in [6.45, 7) is 4.41. The summed E-state index contributed by atoms with van der Waals surface area (Å²) in [5.41, 5.74) is 0.0293. The number of methoxy groups -OCH3 is 1. The molecule has 0 N–H and O–H groups in total. The summed E-state index contributed by atoms with van der Waals surface area (Å²) < 4.78 is 53.4. The van der Waals surface area contributed by atoms with Crippen LogP contribution in [0.2, 0.25) is 0 Å². The summed E-state index contributed by atoms with van der Waals surface area (Å²) in [6.07, 6.45) is -2.55. The van der Waals surface area contributed by atoms with E-state index >= 15 is 0 Å². The van der Waals surface area contributed by atoms with Crippen molar-refractivity contribution in [3.05, 3.63) is 36.2 Å². The van der Waals surface area contributed by atoms with Crippen LogP contribution in [0.5, 0.6) is 5.75 Å². The Hall–Kier alpha value is -2.32. The number of morpholine rings is 1.